The molecule has 1 N–H and O–H groups in total. The van der Waals surface area contributed by atoms with Gasteiger partial charge in [-0.25, -0.2) is 0 Å². The highest BCUT2D eigenvalue weighted by Gasteiger charge is 2.32. The lowest BCUT2D eigenvalue weighted by Gasteiger charge is -2.33. The normalized spacial score (nSPS) is 11.7. The number of carbonyl (C=O) groups is 2. The van der Waals surface area contributed by atoms with E-state index in [1.807, 2.05) is 92.7 Å². The van der Waals surface area contributed by atoms with Gasteiger partial charge in [0.1, 0.15) is 6.04 Å². The third kappa shape index (κ3) is 5.96. The number of nitrogens with zero attached hydrogens (tertiary/aromatic N) is 1. The molecule has 0 radical (unpaired) electrons. The molecule has 3 aromatic rings. The lowest BCUT2D eigenvalue weighted by molar-refractivity contribution is -0.144. The molecule has 0 bridgehead atoms. The highest BCUT2D eigenvalue weighted by molar-refractivity contribution is 6.31. The summed E-state index contributed by atoms with van der Waals surface area (Å²) in [5, 5.41) is 3.58. The fourth-order valence-corrected chi connectivity index (χ4v) is 3.64. The van der Waals surface area contributed by atoms with Crippen molar-refractivity contribution in [3.05, 3.63) is 107 Å². The van der Waals surface area contributed by atoms with Crippen molar-refractivity contribution in [2.75, 3.05) is 0 Å². The van der Waals surface area contributed by atoms with Crippen LogP contribution in [0.1, 0.15) is 36.6 Å². The maximum Gasteiger partial charge on any atom is 0.247 e. The lowest BCUT2D eigenvalue weighted by atomic mass is 10.0. The average molecular weight is 435 g/mol. The summed E-state index contributed by atoms with van der Waals surface area (Å²) >= 11 is 6.25. The Morgan fingerprint density at radius 1 is 0.871 bits per heavy atom. The number of hydrogen-bond donors (Lipinski definition) is 1. The first kappa shape index (κ1) is 22.6. The monoisotopic (exact) mass is 434 g/mol. The third-order valence-electron chi connectivity index (χ3n) is 5.06. The molecule has 0 aliphatic heterocycles. The topological polar surface area (TPSA) is 49.4 Å². The fraction of sp³-hybridized carbons (Fsp3) is 0.231. The van der Waals surface area contributed by atoms with E-state index < -0.39 is 6.04 Å². The van der Waals surface area contributed by atoms with Gasteiger partial charge in [0.2, 0.25) is 11.8 Å². The maximum atomic E-state index is 13.4. The van der Waals surface area contributed by atoms with Crippen LogP contribution in [0.4, 0.5) is 0 Å². The lowest BCUT2D eigenvalue weighted by Crippen LogP contribution is -2.44. The SMILES string of the molecule is CC(C)C(=O)N(Cc1ccccc1)C(C(=O)NCc1ccccc1Cl)c1ccccc1. The van der Waals surface area contributed by atoms with E-state index in [2.05, 4.69) is 5.32 Å². The van der Waals surface area contributed by atoms with Crippen LogP contribution in [0.25, 0.3) is 0 Å². The van der Waals surface area contributed by atoms with E-state index in [-0.39, 0.29) is 24.3 Å². The van der Waals surface area contributed by atoms with E-state index in [1.165, 1.54) is 0 Å². The van der Waals surface area contributed by atoms with Crippen LogP contribution in [0, 0.1) is 5.92 Å². The van der Waals surface area contributed by atoms with E-state index in [0.29, 0.717) is 11.6 Å². The predicted octanol–water partition coefficient (Wildman–Crippen LogP) is 5.38. The molecule has 1 atom stereocenters. The minimum absolute atomic E-state index is 0.0781. The van der Waals surface area contributed by atoms with Gasteiger partial charge in [-0.2, -0.15) is 0 Å². The Morgan fingerprint density at radius 3 is 2.06 bits per heavy atom. The Kier molecular flexibility index (Phi) is 7.85. The number of halogens is 1. The van der Waals surface area contributed by atoms with Gasteiger partial charge in [-0.05, 0) is 22.8 Å². The van der Waals surface area contributed by atoms with Crippen LogP contribution in [0.15, 0.2) is 84.9 Å². The molecule has 160 valence electrons. The number of hydrogen-bond acceptors (Lipinski definition) is 2. The first-order valence-corrected chi connectivity index (χ1v) is 10.8. The Morgan fingerprint density at radius 2 is 1.45 bits per heavy atom. The van der Waals surface area contributed by atoms with E-state index >= 15 is 0 Å². The van der Waals surface area contributed by atoms with Crippen LogP contribution in [-0.2, 0) is 22.7 Å². The van der Waals surface area contributed by atoms with Gasteiger partial charge < -0.3 is 10.2 Å². The van der Waals surface area contributed by atoms with Crippen LogP contribution in [0.5, 0.6) is 0 Å². The molecule has 0 aliphatic rings. The van der Waals surface area contributed by atoms with Crippen LogP contribution in [-0.4, -0.2) is 16.7 Å². The summed E-state index contributed by atoms with van der Waals surface area (Å²) in [4.78, 5) is 28.3. The van der Waals surface area contributed by atoms with E-state index in [4.69, 9.17) is 11.6 Å². The molecule has 31 heavy (non-hydrogen) atoms. The summed E-state index contributed by atoms with van der Waals surface area (Å²) in [7, 11) is 0. The minimum atomic E-state index is -0.751. The number of rotatable bonds is 8. The van der Waals surface area contributed by atoms with Crippen LogP contribution in [0.3, 0.4) is 0 Å². The largest absolute Gasteiger partial charge is 0.350 e. The zero-order valence-corrected chi connectivity index (χ0v) is 18.5. The standard InChI is InChI=1S/C26H27ClN2O2/c1-19(2)26(31)29(18-20-11-5-3-6-12-20)24(21-13-7-4-8-14-21)25(30)28-17-22-15-9-10-16-23(22)27/h3-16,19,24H,17-18H2,1-2H3,(H,28,30). The smallest absolute Gasteiger partial charge is 0.247 e. The number of benzene rings is 3. The van der Waals surface area contributed by atoms with Gasteiger partial charge in [-0.3, -0.25) is 9.59 Å². The summed E-state index contributed by atoms with van der Waals surface area (Å²) < 4.78 is 0. The number of amides is 2. The first-order valence-electron chi connectivity index (χ1n) is 10.4. The zero-order chi connectivity index (χ0) is 22.2. The van der Waals surface area contributed by atoms with Crippen LogP contribution < -0.4 is 5.32 Å². The van der Waals surface area contributed by atoms with E-state index in [1.54, 1.807) is 11.0 Å². The van der Waals surface area contributed by atoms with Gasteiger partial charge in [0.15, 0.2) is 0 Å². The molecule has 0 spiro atoms. The summed E-state index contributed by atoms with van der Waals surface area (Å²) in [6, 6.07) is 25.8. The van der Waals surface area contributed by atoms with Crippen molar-refractivity contribution in [1.29, 1.82) is 0 Å². The molecule has 0 saturated carbocycles. The van der Waals surface area contributed by atoms with Crippen molar-refractivity contribution >= 4 is 23.4 Å². The highest BCUT2D eigenvalue weighted by Crippen LogP contribution is 2.26. The molecule has 1 unspecified atom stereocenters. The van der Waals surface area contributed by atoms with Crippen molar-refractivity contribution in [3.8, 4) is 0 Å². The van der Waals surface area contributed by atoms with Gasteiger partial charge in [-0.15, -0.1) is 0 Å². The molecule has 3 rings (SSSR count). The summed E-state index contributed by atoms with van der Waals surface area (Å²) in [5.74, 6) is -0.562. The predicted molar refractivity (Wildman–Crippen MR) is 124 cm³/mol. The molecule has 3 aromatic carbocycles. The van der Waals surface area contributed by atoms with Gasteiger partial charge in [0.25, 0.3) is 0 Å². The summed E-state index contributed by atoms with van der Waals surface area (Å²) in [6.07, 6.45) is 0. The summed E-state index contributed by atoms with van der Waals surface area (Å²) in [6.45, 7) is 4.34. The first-order chi connectivity index (χ1) is 15.0. The van der Waals surface area contributed by atoms with E-state index in [9.17, 15) is 9.59 Å². The molecule has 5 heteroatoms. The molecule has 0 aliphatic carbocycles. The Bertz CT molecular complexity index is 1010. The van der Waals surface area contributed by atoms with Crippen molar-refractivity contribution in [2.45, 2.75) is 33.0 Å². The molecular formula is C26H27ClN2O2. The third-order valence-corrected chi connectivity index (χ3v) is 5.43. The highest BCUT2D eigenvalue weighted by atomic mass is 35.5. The molecular weight excluding hydrogens is 408 g/mol. The Hall–Kier alpha value is -3.11. The van der Waals surface area contributed by atoms with Crippen molar-refractivity contribution in [1.82, 2.24) is 10.2 Å². The summed E-state index contributed by atoms with van der Waals surface area (Å²) in [5.41, 5.74) is 2.56. The molecule has 0 fully saturated rings. The Labute approximate surface area is 188 Å². The van der Waals surface area contributed by atoms with Crippen molar-refractivity contribution in [2.24, 2.45) is 5.92 Å². The second-order valence-corrected chi connectivity index (χ2v) is 8.14. The maximum absolute atomic E-state index is 13.4. The van der Waals surface area contributed by atoms with Gasteiger partial charge in [0.05, 0.1) is 0 Å². The Balaban J connectivity index is 1.93. The van der Waals surface area contributed by atoms with Gasteiger partial charge in [-0.1, -0.05) is 104 Å². The van der Waals surface area contributed by atoms with Gasteiger partial charge >= 0.3 is 0 Å². The fourth-order valence-electron chi connectivity index (χ4n) is 3.44. The van der Waals surface area contributed by atoms with Crippen LogP contribution >= 0.6 is 11.6 Å². The number of nitrogens with one attached hydrogen (secondary N) is 1. The quantitative estimate of drug-likeness (QED) is 0.517. The number of carbonyl (C=O) groups excluding carboxylic acids is 2. The second kappa shape index (κ2) is 10.8. The van der Waals surface area contributed by atoms with E-state index in [0.717, 1.165) is 16.7 Å². The molecule has 0 aromatic heterocycles. The van der Waals surface area contributed by atoms with Crippen molar-refractivity contribution < 1.29 is 9.59 Å². The molecule has 0 saturated heterocycles. The molecule has 4 nitrogen and oxygen atoms in total. The van der Waals surface area contributed by atoms with Crippen molar-refractivity contribution in [3.63, 3.8) is 0 Å². The van der Waals surface area contributed by atoms with Crippen LogP contribution in [0.2, 0.25) is 5.02 Å². The average Bonchev–Trinajstić information content (AvgIpc) is 2.79. The molecule has 0 heterocycles. The second-order valence-electron chi connectivity index (χ2n) is 7.73. The zero-order valence-electron chi connectivity index (χ0n) is 17.8. The minimum Gasteiger partial charge on any atom is -0.350 e. The van der Waals surface area contributed by atoms with Gasteiger partial charge in [0, 0.05) is 24.0 Å². The molecule has 2 amide bonds.